The molecule has 3 heterocycles. The summed E-state index contributed by atoms with van der Waals surface area (Å²) in [5.74, 6) is -1.12. The number of hydrogen-bond donors (Lipinski definition) is 2. The number of carboxylic acids is 1. The predicted octanol–water partition coefficient (Wildman–Crippen LogP) is 3.76. The summed E-state index contributed by atoms with van der Waals surface area (Å²) in [5, 5.41) is 24.5. The van der Waals surface area contributed by atoms with Gasteiger partial charge >= 0.3 is 12.1 Å². The summed E-state index contributed by atoms with van der Waals surface area (Å²) in [4.78, 5) is 41.8. The molecule has 0 aliphatic carbocycles. The first-order chi connectivity index (χ1) is 19.0. The molecule has 0 radical (unpaired) electrons. The second-order valence-corrected chi connectivity index (χ2v) is 9.87. The fourth-order valence-electron chi connectivity index (χ4n) is 3.93. The summed E-state index contributed by atoms with van der Waals surface area (Å²) in [6, 6.07) is 18.3. The number of benzene rings is 2. The number of pyridine rings is 1. The number of nitrogens with zero attached hydrogens (tertiary/aromatic N) is 6. The second-order valence-electron chi connectivity index (χ2n) is 8.60. The quantitative estimate of drug-likeness (QED) is 0.351. The first kappa shape index (κ1) is 25.9. The van der Waals surface area contributed by atoms with E-state index in [4.69, 9.17) is 9.84 Å². The Morgan fingerprint density at radius 2 is 1.69 bits per heavy atom. The number of nitrogens with one attached hydrogen (secondary N) is 1. The summed E-state index contributed by atoms with van der Waals surface area (Å²) >= 11 is 1.51. The van der Waals surface area contributed by atoms with Crippen molar-refractivity contribution in [1.82, 2.24) is 30.1 Å². The van der Waals surface area contributed by atoms with Gasteiger partial charge in [0.25, 0.3) is 5.91 Å². The summed E-state index contributed by atoms with van der Waals surface area (Å²) < 4.78 is 6.99. The van der Waals surface area contributed by atoms with Crippen molar-refractivity contribution in [2.24, 2.45) is 0 Å². The molecule has 0 unspecified atom stereocenters. The van der Waals surface area contributed by atoms with Crippen molar-refractivity contribution in [1.29, 1.82) is 0 Å². The smallest absolute Gasteiger partial charge is 0.416 e. The Kier molecular flexibility index (Phi) is 7.78. The zero-order chi connectivity index (χ0) is 27.2. The third-order valence-electron chi connectivity index (χ3n) is 5.99. The maximum atomic E-state index is 12.7. The van der Waals surface area contributed by atoms with E-state index in [1.54, 1.807) is 52.0 Å². The van der Waals surface area contributed by atoms with Crippen LogP contribution in [-0.2, 0) is 0 Å². The average molecular weight is 546 g/mol. The van der Waals surface area contributed by atoms with Crippen LogP contribution in [0.3, 0.4) is 0 Å². The van der Waals surface area contributed by atoms with Gasteiger partial charge in [-0.2, -0.15) is 4.68 Å². The molecule has 4 aromatic rings. The van der Waals surface area contributed by atoms with Gasteiger partial charge in [-0.05, 0) is 65.7 Å². The van der Waals surface area contributed by atoms with Crippen molar-refractivity contribution in [3.05, 3.63) is 84.1 Å². The summed E-state index contributed by atoms with van der Waals surface area (Å²) in [6.07, 6.45) is 2.37. The van der Waals surface area contributed by atoms with E-state index < -0.39 is 12.1 Å². The largest absolute Gasteiger partial charge is 0.478 e. The van der Waals surface area contributed by atoms with Crippen LogP contribution in [0.15, 0.2) is 78.1 Å². The molecule has 0 atom stereocenters. The van der Waals surface area contributed by atoms with E-state index in [2.05, 4.69) is 25.8 Å². The molecule has 12 nitrogen and oxygen atoms in total. The highest BCUT2D eigenvalue weighted by Crippen LogP contribution is 2.30. The van der Waals surface area contributed by atoms with E-state index in [-0.39, 0.29) is 22.6 Å². The number of likely N-dealkylation sites (tertiary alicyclic amines) is 1. The van der Waals surface area contributed by atoms with Crippen LogP contribution in [0, 0.1) is 0 Å². The number of thioether (sulfide) groups is 1. The molecule has 1 aliphatic rings. The van der Waals surface area contributed by atoms with Crippen molar-refractivity contribution < 1.29 is 24.2 Å². The average Bonchev–Trinajstić information content (AvgIpc) is 3.43. The Hall–Kier alpha value is -4.78. The lowest BCUT2D eigenvalue weighted by atomic mass is 10.1. The number of carboxylic acid groups (broad SMARTS) is 1. The highest BCUT2D eigenvalue weighted by Gasteiger charge is 2.27. The molecule has 13 heteroatoms. The number of carbonyl (C=O) groups excluding carboxylic acids is 2. The monoisotopic (exact) mass is 545 g/mol. The van der Waals surface area contributed by atoms with Gasteiger partial charge in [-0.1, -0.05) is 30.0 Å². The Balaban J connectivity index is 1.11. The van der Waals surface area contributed by atoms with Gasteiger partial charge in [0.1, 0.15) is 0 Å². The minimum atomic E-state index is -1.00. The standard InChI is InChI=1S/C26H23N7O5S/c34-23(17-4-2-1-3-5-17)28-19-8-11-22(27-16-19)38-26(37)32-14-12-21(13-15-32)39-25-29-30-31-33(25)20-9-6-18(7-10-20)24(35)36/h1-11,16,21H,12-15H2,(H,28,34)(H,35,36). The third kappa shape index (κ3) is 6.38. The first-order valence-corrected chi connectivity index (χ1v) is 12.9. The molecule has 1 fully saturated rings. The van der Waals surface area contributed by atoms with Crippen LogP contribution in [0.4, 0.5) is 10.5 Å². The van der Waals surface area contributed by atoms with Gasteiger partial charge < -0.3 is 20.1 Å². The molecular formula is C26H23N7O5S. The maximum Gasteiger partial charge on any atom is 0.416 e. The number of anilines is 1. The maximum absolute atomic E-state index is 12.7. The van der Waals surface area contributed by atoms with Gasteiger partial charge in [-0.15, -0.1) is 5.10 Å². The minimum Gasteiger partial charge on any atom is -0.478 e. The number of aromatic nitrogens is 5. The molecule has 1 saturated heterocycles. The highest BCUT2D eigenvalue weighted by atomic mass is 32.2. The number of aromatic carboxylic acids is 1. The Bertz CT molecular complexity index is 1450. The van der Waals surface area contributed by atoms with E-state index in [0.717, 1.165) is 0 Å². The molecule has 0 bridgehead atoms. The Morgan fingerprint density at radius 1 is 0.949 bits per heavy atom. The molecule has 1 aliphatic heterocycles. The molecule has 2 N–H and O–H groups in total. The number of amides is 2. The third-order valence-corrected chi connectivity index (χ3v) is 7.26. The van der Waals surface area contributed by atoms with Gasteiger partial charge in [0.15, 0.2) is 0 Å². The van der Waals surface area contributed by atoms with Gasteiger partial charge in [-0.25, -0.2) is 14.6 Å². The molecule has 39 heavy (non-hydrogen) atoms. The predicted molar refractivity (Wildman–Crippen MR) is 141 cm³/mol. The van der Waals surface area contributed by atoms with Crippen molar-refractivity contribution in [3.63, 3.8) is 0 Å². The number of rotatable bonds is 7. The van der Waals surface area contributed by atoms with E-state index in [0.29, 0.717) is 48.0 Å². The van der Waals surface area contributed by atoms with Crippen molar-refractivity contribution in [2.75, 3.05) is 18.4 Å². The summed E-state index contributed by atoms with van der Waals surface area (Å²) in [6.45, 7) is 0.993. The van der Waals surface area contributed by atoms with Crippen LogP contribution < -0.4 is 10.1 Å². The first-order valence-electron chi connectivity index (χ1n) is 12.0. The van der Waals surface area contributed by atoms with Crippen molar-refractivity contribution in [3.8, 4) is 11.6 Å². The molecule has 198 valence electrons. The number of tetrazole rings is 1. The minimum absolute atomic E-state index is 0.141. The molecule has 5 rings (SSSR count). The molecule has 2 aromatic heterocycles. The molecule has 2 aromatic carbocycles. The van der Waals surface area contributed by atoms with Crippen LogP contribution in [0.5, 0.6) is 5.88 Å². The van der Waals surface area contributed by atoms with Gasteiger partial charge in [-0.3, -0.25) is 4.79 Å². The van der Waals surface area contributed by atoms with E-state index in [9.17, 15) is 14.4 Å². The second kappa shape index (κ2) is 11.7. The zero-order valence-electron chi connectivity index (χ0n) is 20.5. The van der Waals surface area contributed by atoms with Crippen LogP contribution >= 0.6 is 11.8 Å². The molecule has 0 spiro atoms. The van der Waals surface area contributed by atoms with Gasteiger partial charge in [0.2, 0.25) is 11.0 Å². The van der Waals surface area contributed by atoms with Crippen molar-refractivity contribution in [2.45, 2.75) is 23.2 Å². The SMILES string of the molecule is O=C(O)c1ccc(-n2nnnc2SC2CCN(C(=O)Oc3ccc(NC(=O)c4ccccc4)cn3)CC2)cc1. The number of hydrogen-bond acceptors (Lipinski definition) is 9. The lowest BCUT2D eigenvalue weighted by Gasteiger charge is -2.30. The van der Waals surface area contributed by atoms with Crippen molar-refractivity contribution >= 4 is 35.4 Å². The molecule has 2 amide bonds. The van der Waals surface area contributed by atoms with E-state index in [1.807, 2.05) is 6.07 Å². The Labute approximate surface area is 227 Å². The number of ether oxygens (including phenoxy) is 1. The van der Waals surface area contributed by atoms with E-state index in [1.165, 1.54) is 36.2 Å². The lowest BCUT2D eigenvalue weighted by molar-refractivity contribution is 0.0696. The van der Waals surface area contributed by atoms with Crippen LogP contribution in [0.2, 0.25) is 0 Å². The molecular weight excluding hydrogens is 522 g/mol. The zero-order valence-corrected chi connectivity index (χ0v) is 21.3. The van der Waals surface area contributed by atoms with Crippen LogP contribution in [-0.4, -0.2) is 71.5 Å². The van der Waals surface area contributed by atoms with Crippen LogP contribution in [0.25, 0.3) is 5.69 Å². The molecule has 0 saturated carbocycles. The number of piperidine rings is 1. The summed E-state index contributed by atoms with van der Waals surface area (Å²) in [7, 11) is 0. The normalized spacial score (nSPS) is 13.6. The topological polar surface area (TPSA) is 152 Å². The van der Waals surface area contributed by atoms with E-state index >= 15 is 0 Å². The van der Waals surface area contributed by atoms with Crippen LogP contribution in [0.1, 0.15) is 33.6 Å². The fourth-order valence-corrected chi connectivity index (χ4v) is 5.00. The fraction of sp³-hybridized carbons (Fsp3) is 0.192. The number of carbonyl (C=O) groups is 3. The van der Waals surface area contributed by atoms with Gasteiger partial charge in [0, 0.05) is 30.0 Å². The van der Waals surface area contributed by atoms with Gasteiger partial charge in [0.05, 0.1) is 23.1 Å². The lowest BCUT2D eigenvalue weighted by Crippen LogP contribution is -2.41. The summed E-state index contributed by atoms with van der Waals surface area (Å²) in [5.41, 5.74) is 1.86. The Morgan fingerprint density at radius 3 is 2.36 bits per heavy atom. The highest BCUT2D eigenvalue weighted by molar-refractivity contribution is 7.99.